The molecule has 1 atom stereocenters. The van der Waals surface area contributed by atoms with Crippen molar-refractivity contribution < 1.29 is 19.1 Å². The molecule has 0 radical (unpaired) electrons. The lowest BCUT2D eigenvalue weighted by atomic mass is 10.1. The third-order valence-corrected chi connectivity index (χ3v) is 3.53. The van der Waals surface area contributed by atoms with Gasteiger partial charge in [0.05, 0.1) is 12.7 Å². The van der Waals surface area contributed by atoms with Gasteiger partial charge in [0.15, 0.2) is 0 Å². The molecule has 0 aliphatic carbocycles. The highest BCUT2D eigenvalue weighted by molar-refractivity contribution is 5.83. The van der Waals surface area contributed by atoms with Gasteiger partial charge in [0, 0.05) is 19.5 Å². The summed E-state index contributed by atoms with van der Waals surface area (Å²) < 4.78 is 10.4. The lowest BCUT2D eigenvalue weighted by molar-refractivity contribution is -0.144. The predicted octanol–water partition coefficient (Wildman–Crippen LogP) is 1.17. The van der Waals surface area contributed by atoms with Gasteiger partial charge < -0.3 is 19.8 Å². The number of pyridine rings is 1. The molecule has 2 N–H and O–H groups in total. The van der Waals surface area contributed by atoms with Crippen molar-refractivity contribution in [2.24, 2.45) is 0 Å². The number of methoxy groups -OCH3 is 1. The maximum Gasteiger partial charge on any atom is 0.328 e. The van der Waals surface area contributed by atoms with Crippen molar-refractivity contribution in [1.29, 1.82) is 0 Å². The Hall–Kier alpha value is -3.09. The summed E-state index contributed by atoms with van der Waals surface area (Å²) in [7, 11) is 1.22. The van der Waals surface area contributed by atoms with Crippen LogP contribution in [0.2, 0.25) is 0 Å². The SMILES string of the molecule is COC(=O)[C@H](Cc1c(OCc2ccccc2)cc[nH]c1=O)NC(C)=O. The molecular weight excluding hydrogens is 324 g/mol. The Morgan fingerprint density at radius 2 is 1.92 bits per heavy atom. The first-order valence-electron chi connectivity index (χ1n) is 7.73. The van der Waals surface area contributed by atoms with Gasteiger partial charge in [-0.15, -0.1) is 0 Å². The van der Waals surface area contributed by atoms with E-state index in [2.05, 4.69) is 15.0 Å². The average Bonchev–Trinajstić information content (AvgIpc) is 2.61. The number of esters is 1. The molecule has 0 saturated heterocycles. The zero-order valence-electron chi connectivity index (χ0n) is 14.1. The number of hydrogen-bond acceptors (Lipinski definition) is 5. The monoisotopic (exact) mass is 344 g/mol. The summed E-state index contributed by atoms with van der Waals surface area (Å²) in [5.74, 6) is -0.672. The van der Waals surface area contributed by atoms with Crippen LogP contribution in [0.4, 0.5) is 0 Å². The Morgan fingerprint density at radius 1 is 1.20 bits per heavy atom. The molecule has 132 valence electrons. The number of rotatable bonds is 7. The number of aromatic amines is 1. The highest BCUT2D eigenvalue weighted by atomic mass is 16.5. The second-order valence-electron chi connectivity index (χ2n) is 5.40. The molecule has 2 aromatic rings. The normalized spacial score (nSPS) is 11.4. The molecule has 0 saturated carbocycles. The minimum absolute atomic E-state index is 0.0352. The Kier molecular flexibility index (Phi) is 6.33. The Balaban J connectivity index is 2.22. The largest absolute Gasteiger partial charge is 0.488 e. The van der Waals surface area contributed by atoms with E-state index < -0.39 is 17.9 Å². The van der Waals surface area contributed by atoms with Gasteiger partial charge in [-0.25, -0.2) is 4.79 Å². The summed E-state index contributed by atoms with van der Waals surface area (Å²) in [6, 6.07) is 10.1. The van der Waals surface area contributed by atoms with Gasteiger partial charge in [0.25, 0.3) is 5.56 Å². The molecule has 0 unspecified atom stereocenters. The topological polar surface area (TPSA) is 97.5 Å². The Morgan fingerprint density at radius 3 is 2.56 bits per heavy atom. The number of H-pyrrole nitrogens is 1. The quantitative estimate of drug-likeness (QED) is 0.735. The third-order valence-electron chi connectivity index (χ3n) is 3.53. The van der Waals surface area contributed by atoms with Crippen LogP contribution in [0.1, 0.15) is 18.1 Å². The van der Waals surface area contributed by atoms with Crippen LogP contribution in [0.3, 0.4) is 0 Å². The predicted molar refractivity (Wildman–Crippen MR) is 91.2 cm³/mol. The summed E-state index contributed by atoms with van der Waals surface area (Å²) >= 11 is 0. The van der Waals surface area contributed by atoms with Crippen LogP contribution in [0.15, 0.2) is 47.4 Å². The van der Waals surface area contributed by atoms with Crippen molar-refractivity contribution in [3.63, 3.8) is 0 Å². The van der Waals surface area contributed by atoms with E-state index in [1.54, 1.807) is 6.07 Å². The first-order valence-corrected chi connectivity index (χ1v) is 7.73. The molecule has 0 aliphatic heterocycles. The Labute approximate surface area is 145 Å². The van der Waals surface area contributed by atoms with E-state index >= 15 is 0 Å². The molecule has 1 amide bonds. The number of benzene rings is 1. The highest BCUT2D eigenvalue weighted by Crippen LogP contribution is 2.17. The van der Waals surface area contributed by atoms with E-state index in [1.165, 1.54) is 20.2 Å². The van der Waals surface area contributed by atoms with Crippen LogP contribution >= 0.6 is 0 Å². The number of ether oxygens (including phenoxy) is 2. The zero-order valence-corrected chi connectivity index (χ0v) is 14.1. The van der Waals surface area contributed by atoms with E-state index in [0.29, 0.717) is 5.75 Å². The van der Waals surface area contributed by atoms with E-state index in [-0.39, 0.29) is 24.2 Å². The molecule has 25 heavy (non-hydrogen) atoms. The van der Waals surface area contributed by atoms with Gasteiger partial charge in [-0.1, -0.05) is 30.3 Å². The average molecular weight is 344 g/mol. The fraction of sp³-hybridized carbons (Fsp3) is 0.278. The summed E-state index contributed by atoms with van der Waals surface area (Å²) in [4.78, 5) is 37.9. The van der Waals surface area contributed by atoms with Crippen molar-refractivity contribution in [2.45, 2.75) is 26.0 Å². The third kappa shape index (κ3) is 5.20. The fourth-order valence-electron chi connectivity index (χ4n) is 2.34. The van der Waals surface area contributed by atoms with Gasteiger partial charge >= 0.3 is 5.97 Å². The molecule has 0 spiro atoms. The van der Waals surface area contributed by atoms with E-state index in [9.17, 15) is 14.4 Å². The van der Waals surface area contributed by atoms with Crippen LogP contribution < -0.4 is 15.6 Å². The standard InChI is InChI=1S/C18H20N2O5/c1-12(21)20-15(18(23)24-2)10-14-16(8-9-19-17(14)22)25-11-13-6-4-3-5-7-13/h3-9,15H,10-11H2,1-2H3,(H,19,22)(H,20,21)/t15-/m0/s1. The second-order valence-corrected chi connectivity index (χ2v) is 5.40. The molecular formula is C18H20N2O5. The molecule has 7 heteroatoms. The fourth-order valence-corrected chi connectivity index (χ4v) is 2.34. The maximum absolute atomic E-state index is 12.2. The van der Waals surface area contributed by atoms with Gasteiger partial charge in [-0.3, -0.25) is 9.59 Å². The van der Waals surface area contributed by atoms with Crippen LogP contribution in [0.25, 0.3) is 0 Å². The van der Waals surface area contributed by atoms with E-state index in [4.69, 9.17) is 4.74 Å². The lowest BCUT2D eigenvalue weighted by Crippen LogP contribution is -2.43. The van der Waals surface area contributed by atoms with Crippen molar-refractivity contribution >= 4 is 11.9 Å². The number of hydrogen-bond donors (Lipinski definition) is 2. The number of amides is 1. The van der Waals surface area contributed by atoms with Crippen LogP contribution in [0, 0.1) is 0 Å². The molecule has 0 aliphatic rings. The summed E-state index contributed by atoms with van der Waals surface area (Å²) in [5.41, 5.74) is 0.826. The molecule has 1 aromatic heterocycles. The van der Waals surface area contributed by atoms with Crippen molar-refractivity contribution in [3.8, 4) is 5.75 Å². The van der Waals surface area contributed by atoms with Crippen LogP contribution in [-0.4, -0.2) is 30.0 Å². The summed E-state index contributed by atoms with van der Waals surface area (Å²) in [6.45, 7) is 1.57. The first-order chi connectivity index (χ1) is 12.0. The number of carbonyl (C=O) groups is 2. The van der Waals surface area contributed by atoms with Crippen LogP contribution in [-0.2, 0) is 27.4 Å². The first kappa shape index (κ1) is 18.3. The zero-order chi connectivity index (χ0) is 18.2. The van der Waals surface area contributed by atoms with Gasteiger partial charge in [-0.05, 0) is 11.6 Å². The van der Waals surface area contributed by atoms with Crippen LogP contribution in [0.5, 0.6) is 5.75 Å². The van der Waals surface area contributed by atoms with Gasteiger partial charge in [0.1, 0.15) is 18.4 Å². The lowest BCUT2D eigenvalue weighted by Gasteiger charge is -2.17. The van der Waals surface area contributed by atoms with Gasteiger partial charge in [-0.2, -0.15) is 0 Å². The smallest absolute Gasteiger partial charge is 0.328 e. The minimum atomic E-state index is -0.968. The molecule has 2 rings (SSSR count). The highest BCUT2D eigenvalue weighted by Gasteiger charge is 2.24. The summed E-state index contributed by atoms with van der Waals surface area (Å²) in [6.07, 6.45) is 1.43. The van der Waals surface area contributed by atoms with Crippen molar-refractivity contribution in [1.82, 2.24) is 10.3 Å². The van der Waals surface area contributed by atoms with E-state index in [0.717, 1.165) is 5.56 Å². The second kappa shape index (κ2) is 8.68. The van der Waals surface area contributed by atoms with Crippen molar-refractivity contribution in [2.75, 3.05) is 7.11 Å². The van der Waals surface area contributed by atoms with Crippen molar-refractivity contribution in [3.05, 3.63) is 64.1 Å². The number of aromatic nitrogens is 1. The maximum atomic E-state index is 12.2. The number of nitrogens with one attached hydrogen (secondary N) is 2. The van der Waals surface area contributed by atoms with E-state index in [1.807, 2.05) is 30.3 Å². The summed E-state index contributed by atoms with van der Waals surface area (Å²) in [5, 5.41) is 2.49. The van der Waals surface area contributed by atoms with Gasteiger partial charge in [0.2, 0.25) is 5.91 Å². The number of carbonyl (C=O) groups excluding carboxylic acids is 2. The molecule has 1 aromatic carbocycles. The molecule has 7 nitrogen and oxygen atoms in total. The minimum Gasteiger partial charge on any atom is -0.488 e. The molecule has 1 heterocycles. The molecule has 0 bridgehead atoms. The molecule has 0 fully saturated rings. The Bertz CT molecular complexity index is 786.